The van der Waals surface area contributed by atoms with E-state index in [1.54, 1.807) is 31.3 Å². The lowest BCUT2D eigenvalue weighted by molar-refractivity contribution is -0.121. The van der Waals surface area contributed by atoms with Gasteiger partial charge in [0.05, 0.1) is 6.54 Å². The van der Waals surface area contributed by atoms with Gasteiger partial charge in [-0.2, -0.15) is 0 Å². The van der Waals surface area contributed by atoms with Gasteiger partial charge in [-0.3, -0.25) is 9.59 Å². The molecule has 7 heteroatoms. The molecule has 0 aromatic heterocycles. The van der Waals surface area contributed by atoms with E-state index in [-0.39, 0.29) is 30.4 Å². The van der Waals surface area contributed by atoms with Crippen molar-refractivity contribution in [3.8, 4) is 0 Å². The van der Waals surface area contributed by atoms with Crippen molar-refractivity contribution in [3.05, 3.63) is 29.8 Å². The highest BCUT2D eigenvalue weighted by Crippen LogP contribution is 2.19. The van der Waals surface area contributed by atoms with Crippen LogP contribution in [0.25, 0.3) is 0 Å². The molecule has 2 aliphatic rings. The second-order valence-electron chi connectivity index (χ2n) is 6.45. The first-order valence-electron chi connectivity index (χ1n) is 8.23. The molecular formula is C17H22N4O3. The molecule has 0 heterocycles. The molecule has 24 heavy (non-hydrogen) atoms. The van der Waals surface area contributed by atoms with Gasteiger partial charge in [0.1, 0.15) is 0 Å². The molecule has 7 nitrogen and oxygen atoms in total. The van der Waals surface area contributed by atoms with Gasteiger partial charge in [0.25, 0.3) is 5.91 Å². The molecule has 0 atom stereocenters. The Balaban J connectivity index is 1.50. The van der Waals surface area contributed by atoms with E-state index in [1.165, 1.54) is 4.90 Å². The third-order valence-electron chi connectivity index (χ3n) is 3.97. The third-order valence-corrected chi connectivity index (χ3v) is 3.97. The number of nitrogens with one attached hydrogen (secondary N) is 3. The second-order valence-corrected chi connectivity index (χ2v) is 6.45. The number of anilines is 1. The molecule has 1 aromatic carbocycles. The average molecular weight is 330 g/mol. The first-order valence-corrected chi connectivity index (χ1v) is 8.23. The van der Waals surface area contributed by atoms with E-state index in [1.807, 2.05) is 0 Å². The predicted octanol–water partition coefficient (Wildman–Crippen LogP) is 1.32. The maximum Gasteiger partial charge on any atom is 0.319 e. The van der Waals surface area contributed by atoms with Gasteiger partial charge in [-0.25, -0.2) is 4.79 Å². The Hall–Kier alpha value is -2.57. The zero-order chi connectivity index (χ0) is 17.1. The van der Waals surface area contributed by atoms with Crippen LogP contribution in [0.15, 0.2) is 24.3 Å². The molecule has 0 radical (unpaired) electrons. The number of hydrogen-bond acceptors (Lipinski definition) is 3. The summed E-state index contributed by atoms with van der Waals surface area (Å²) in [6, 6.07) is 6.99. The van der Waals surface area contributed by atoms with Crippen molar-refractivity contribution in [2.45, 2.75) is 37.8 Å². The SMILES string of the molecule is CN(CC(=O)NC1CC1)C(=O)c1ccc(NC(=O)NC2CC2)cc1. The van der Waals surface area contributed by atoms with E-state index in [0.29, 0.717) is 17.3 Å². The van der Waals surface area contributed by atoms with E-state index in [9.17, 15) is 14.4 Å². The number of hydrogen-bond donors (Lipinski definition) is 3. The second kappa shape index (κ2) is 6.90. The van der Waals surface area contributed by atoms with Crippen molar-refractivity contribution in [1.29, 1.82) is 0 Å². The number of benzene rings is 1. The van der Waals surface area contributed by atoms with E-state index >= 15 is 0 Å². The summed E-state index contributed by atoms with van der Waals surface area (Å²) in [6.07, 6.45) is 4.10. The molecule has 0 unspecified atom stereocenters. The van der Waals surface area contributed by atoms with Gasteiger partial charge < -0.3 is 20.9 Å². The quantitative estimate of drug-likeness (QED) is 0.735. The smallest absolute Gasteiger partial charge is 0.319 e. The van der Waals surface area contributed by atoms with Gasteiger partial charge in [0.2, 0.25) is 5.91 Å². The van der Waals surface area contributed by atoms with Crippen LogP contribution in [0.3, 0.4) is 0 Å². The molecular weight excluding hydrogens is 308 g/mol. The van der Waals surface area contributed by atoms with E-state index < -0.39 is 0 Å². The van der Waals surface area contributed by atoms with Crippen LogP contribution in [0.2, 0.25) is 0 Å². The van der Waals surface area contributed by atoms with Crippen LogP contribution in [0.4, 0.5) is 10.5 Å². The monoisotopic (exact) mass is 330 g/mol. The van der Waals surface area contributed by atoms with Crippen LogP contribution in [-0.4, -0.2) is 48.4 Å². The number of amides is 4. The van der Waals surface area contributed by atoms with Gasteiger partial charge in [-0.1, -0.05) is 0 Å². The lowest BCUT2D eigenvalue weighted by Gasteiger charge is -2.17. The Bertz CT molecular complexity index is 636. The van der Waals surface area contributed by atoms with Crippen molar-refractivity contribution in [2.75, 3.05) is 18.9 Å². The van der Waals surface area contributed by atoms with Crippen LogP contribution < -0.4 is 16.0 Å². The van der Waals surface area contributed by atoms with E-state index in [0.717, 1.165) is 25.7 Å². The third kappa shape index (κ3) is 4.71. The summed E-state index contributed by atoms with van der Waals surface area (Å²) in [6.45, 7) is 0.0408. The first kappa shape index (κ1) is 16.3. The fraction of sp³-hybridized carbons (Fsp3) is 0.471. The number of nitrogens with zero attached hydrogens (tertiary/aromatic N) is 1. The van der Waals surface area contributed by atoms with E-state index in [4.69, 9.17) is 0 Å². The van der Waals surface area contributed by atoms with Crippen molar-refractivity contribution in [1.82, 2.24) is 15.5 Å². The standard InChI is InChI=1S/C17H22N4O3/c1-21(10-15(22)18-12-6-7-12)16(23)11-2-4-13(5-3-11)19-17(24)20-14-8-9-14/h2-5,12,14H,6-10H2,1H3,(H,18,22)(H2,19,20,24). The largest absolute Gasteiger partial charge is 0.352 e. The topological polar surface area (TPSA) is 90.5 Å². The van der Waals surface area contributed by atoms with Gasteiger partial charge in [0.15, 0.2) is 0 Å². The Kier molecular flexibility index (Phi) is 4.69. The van der Waals surface area contributed by atoms with Crippen molar-refractivity contribution >= 4 is 23.5 Å². The van der Waals surface area contributed by atoms with Crippen molar-refractivity contribution in [2.24, 2.45) is 0 Å². The zero-order valence-electron chi connectivity index (χ0n) is 13.7. The molecule has 0 aliphatic heterocycles. The van der Waals surface area contributed by atoms with E-state index in [2.05, 4.69) is 16.0 Å². The van der Waals surface area contributed by atoms with Crippen LogP contribution in [0.5, 0.6) is 0 Å². The summed E-state index contributed by atoms with van der Waals surface area (Å²) < 4.78 is 0. The first-order chi connectivity index (χ1) is 11.5. The maximum atomic E-state index is 12.3. The molecule has 3 N–H and O–H groups in total. The molecule has 0 spiro atoms. The van der Waals surface area contributed by atoms with Crippen LogP contribution in [0, 0.1) is 0 Å². The minimum absolute atomic E-state index is 0.0408. The molecule has 2 saturated carbocycles. The van der Waals surface area contributed by atoms with Gasteiger partial charge >= 0.3 is 6.03 Å². The molecule has 0 bridgehead atoms. The summed E-state index contributed by atoms with van der Waals surface area (Å²) in [7, 11) is 1.60. The number of carbonyl (C=O) groups is 3. The predicted molar refractivity (Wildman–Crippen MR) is 89.7 cm³/mol. The van der Waals surface area contributed by atoms with Crippen molar-refractivity contribution in [3.63, 3.8) is 0 Å². The molecule has 2 fully saturated rings. The van der Waals surface area contributed by atoms with Gasteiger partial charge in [-0.15, -0.1) is 0 Å². The summed E-state index contributed by atoms with van der Waals surface area (Å²) in [5, 5.41) is 8.42. The normalized spacial score (nSPS) is 16.2. The van der Waals surface area contributed by atoms with Crippen LogP contribution >= 0.6 is 0 Å². The summed E-state index contributed by atoms with van der Waals surface area (Å²) in [5.74, 6) is -0.363. The lowest BCUT2D eigenvalue weighted by atomic mass is 10.2. The minimum atomic E-state index is -0.231. The number of urea groups is 1. The molecule has 1 aromatic rings. The van der Waals surface area contributed by atoms with Crippen LogP contribution in [0.1, 0.15) is 36.0 Å². The Morgan fingerprint density at radius 1 is 1.00 bits per heavy atom. The number of carbonyl (C=O) groups excluding carboxylic acids is 3. The highest BCUT2D eigenvalue weighted by atomic mass is 16.2. The zero-order valence-corrected chi connectivity index (χ0v) is 13.7. The highest BCUT2D eigenvalue weighted by molar-refractivity contribution is 5.97. The Labute approximate surface area is 140 Å². The molecule has 128 valence electrons. The lowest BCUT2D eigenvalue weighted by Crippen LogP contribution is -2.39. The molecule has 3 rings (SSSR count). The Morgan fingerprint density at radius 2 is 1.58 bits per heavy atom. The number of likely N-dealkylation sites (N-methyl/N-ethyl adjacent to an activating group) is 1. The molecule has 4 amide bonds. The average Bonchev–Trinajstić information content (AvgIpc) is 3.44. The summed E-state index contributed by atoms with van der Waals surface area (Å²) in [4.78, 5) is 37.1. The Morgan fingerprint density at radius 3 is 2.17 bits per heavy atom. The van der Waals surface area contributed by atoms with Crippen LogP contribution in [-0.2, 0) is 4.79 Å². The van der Waals surface area contributed by atoms with Crippen molar-refractivity contribution < 1.29 is 14.4 Å². The minimum Gasteiger partial charge on any atom is -0.352 e. The fourth-order valence-electron chi connectivity index (χ4n) is 2.28. The summed E-state index contributed by atoms with van der Waals surface area (Å²) >= 11 is 0. The van der Waals surface area contributed by atoms with Gasteiger partial charge in [0, 0.05) is 30.4 Å². The summed E-state index contributed by atoms with van der Waals surface area (Å²) in [5.41, 5.74) is 1.10. The number of rotatable bonds is 6. The maximum absolute atomic E-state index is 12.3. The van der Waals surface area contributed by atoms with Gasteiger partial charge in [-0.05, 0) is 49.9 Å². The fourth-order valence-corrected chi connectivity index (χ4v) is 2.28. The highest BCUT2D eigenvalue weighted by Gasteiger charge is 2.25. The molecule has 0 saturated heterocycles. The molecule has 2 aliphatic carbocycles.